The second-order valence-corrected chi connectivity index (χ2v) is 6.44. The van der Waals surface area contributed by atoms with Gasteiger partial charge in [0.1, 0.15) is 0 Å². The third kappa shape index (κ3) is 4.28. The van der Waals surface area contributed by atoms with Crippen LogP contribution >= 0.6 is 23.2 Å². The maximum absolute atomic E-state index is 6.32. The SMILES string of the molecule is CCn1ccc(=Nc2cccc(Cc3ccc(Cl)cc3)c2)c(Cl)c1. The van der Waals surface area contributed by atoms with Crippen molar-refractivity contribution in [3.05, 3.63) is 93.5 Å². The number of halogens is 2. The van der Waals surface area contributed by atoms with Crippen LogP contribution < -0.4 is 5.36 Å². The first kappa shape index (κ1) is 16.8. The van der Waals surface area contributed by atoms with E-state index in [0.29, 0.717) is 5.02 Å². The minimum absolute atomic E-state index is 0.655. The molecule has 0 N–H and O–H groups in total. The molecular formula is C20H18Cl2N2. The van der Waals surface area contributed by atoms with E-state index in [1.807, 2.05) is 59.4 Å². The quantitative estimate of drug-likeness (QED) is 0.575. The van der Waals surface area contributed by atoms with Gasteiger partial charge in [-0.3, -0.25) is 0 Å². The highest BCUT2D eigenvalue weighted by Crippen LogP contribution is 2.18. The zero-order chi connectivity index (χ0) is 16.9. The van der Waals surface area contributed by atoms with Crippen LogP contribution in [0, 0.1) is 0 Å². The Balaban J connectivity index is 1.87. The lowest BCUT2D eigenvalue weighted by molar-refractivity contribution is 0.753. The Bertz CT molecular complexity index is 896. The van der Waals surface area contributed by atoms with Crippen LogP contribution in [0.4, 0.5) is 5.69 Å². The molecule has 4 heteroatoms. The smallest absolute Gasteiger partial charge is 0.0852 e. The number of aromatic nitrogens is 1. The molecule has 0 atom stereocenters. The molecule has 0 unspecified atom stereocenters. The van der Waals surface area contributed by atoms with E-state index >= 15 is 0 Å². The van der Waals surface area contributed by atoms with Crippen molar-refractivity contribution < 1.29 is 0 Å². The normalized spacial score (nSPS) is 11.7. The van der Waals surface area contributed by atoms with E-state index in [2.05, 4.69) is 24.0 Å². The predicted molar refractivity (Wildman–Crippen MR) is 101 cm³/mol. The van der Waals surface area contributed by atoms with Gasteiger partial charge in [0.05, 0.1) is 16.1 Å². The molecule has 0 amide bonds. The molecule has 0 aliphatic heterocycles. The van der Waals surface area contributed by atoms with Crippen LogP contribution in [0.3, 0.4) is 0 Å². The van der Waals surface area contributed by atoms with Crippen molar-refractivity contribution in [2.45, 2.75) is 19.9 Å². The van der Waals surface area contributed by atoms with Crippen LogP contribution in [0.5, 0.6) is 0 Å². The minimum atomic E-state index is 0.655. The summed E-state index contributed by atoms with van der Waals surface area (Å²) in [5.41, 5.74) is 3.32. The fourth-order valence-electron chi connectivity index (χ4n) is 2.50. The molecule has 0 radical (unpaired) electrons. The zero-order valence-corrected chi connectivity index (χ0v) is 14.9. The average molecular weight is 357 g/mol. The molecule has 0 aliphatic carbocycles. The van der Waals surface area contributed by atoms with Crippen LogP contribution in [-0.4, -0.2) is 4.57 Å². The van der Waals surface area contributed by atoms with Crippen LogP contribution in [0.25, 0.3) is 0 Å². The van der Waals surface area contributed by atoms with Crippen molar-refractivity contribution in [3.63, 3.8) is 0 Å². The van der Waals surface area contributed by atoms with Crippen LogP contribution in [0.1, 0.15) is 18.1 Å². The molecule has 0 fully saturated rings. The molecule has 1 aromatic heterocycles. The minimum Gasteiger partial charge on any atom is -0.353 e. The van der Waals surface area contributed by atoms with Crippen molar-refractivity contribution in [1.82, 2.24) is 4.57 Å². The van der Waals surface area contributed by atoms with Crippen molar-refractivity contribution >= 4 is 28.9 Å². The van der Waals surface area contributed by atoms with E-state index in [0.717, 1.165) is 29.0 Å². The molecule has 2 nitrogen and oxygen atoms in total. The lowest BCUT2D eigenvalue weighted by Gasteiger charge is -2.05. The van der Waals surface area contributed by atoms with Gasteiger partial charge in [-0.25, -0.2) is 4.99 Å². The first-order chi connectivity index (χ1) is 11.6. The second kappa shape index (κ2) is 7.69. The average Bonchev–Trinajstić information content (AvgIpc) is 2.59. The van der Waals surface area contributed by atoms with E-state index < -0.39 is 0 Å². The Morgan fingerprint density at radius 2 is 1.75 bits per heavy atom. The number of aryl methyl sites for hydroxylation is 1. The van der Waals surface area contributed by atoms with Gasteiger partial charge >= 0.3 is 0 Å². The summed E-state index contributed by atoms with van der Waals surface area (Å²) in [5.74, 6) is 0. The van der Waals surface area contributed by atoms with E-state index in [4.69, 9.17) is 23.2 Å². The van der Waals surface area contributed by atoms with Gasteiger partial charge in [-0.15, -0.1) is 0 Å². The summed E-state index contributed by atoms with van der Waals surface area (Å²) in [4.78, 5) is 4.67. The number of benzene rings is 2. The Labute approximate surface area is 152 Å². The van der Waals surface area contributed by atoms with Gasteiger partial charge in [0, 0.05) is 24.0 Å². The zero-order valence-electron chi connectivity index (χ0n) is 13.4. The Hall–Kier alpha value is -2.03. The van der Waals surface area contributed by atoms with Crippen molar-refractivity contribution in [3.8, 4) is 0 Å². The van der Waals surface area contributed by atoms with Gasteiger partial charge in [0.15, 0.2) is 0 Å². The molecule has 1 heterocycles. The highest BCUT2D eigenvalue weighted by molar-refractivity contribution is 6.30. The Kier molecular flexibility index (Phi) is 5.39. The Morgan fingerprint density at radius 1 is 0.958 bits per heavy atom. The molecule has 24 heavy (non-hydrogen) atoms. The first-order valence-electron chi connectivity index (χ1n) is 7.88. The van der Waals surface area contributed by atoms with Gasteiger partial charge < -0.3 is 4.57 Å². The summed E-state index contributed by atoms with van der Waals surface area (Å²) >= 11 is 12.3. The standard InChI is InChI=1S/C20H18Cl2N2/c1-2-24-11-10-20(19(22)14-24)23-18-5-3-4-16(13-18)12-15-6-8-17(21)9-7-15/h3-11,13-14H,2,12H2,1H3. The summed E-state index contributed by atoms with van der Waals surface area (Å²) in [6, 6.07) is 18.1. The lowest BCUT2D eigenvalue weighted by atomic mass is 10.0. The molecule has 0 saturated heterocycles. The Morgan fingerprint density at radius 3 is 2.46 bits per heavy atom. The van der Waals surface area contributed by atoms with Crippen LogP contribution in [0.2, 0.25) is 10.0 Å². The summed E-state index contributed by atoms with van der Waals surface area (Å²) in [6.45, 7) is 2.96. The fourth-order valence-corrected chi connectivity index (χ4v) is 2.86. The van der Waals surface area contributed by atoms with E-state index in [9.17, 15) is 0 Å². The van der Waals surface area contributed by atoms with E-state index in [1.54, 1.807) is 0 Å². The molecule has 3 rings (SSSR count). The largest absolute Gasteiger partial charge is 0.353 e. The van der Waals surface area contributed by atoms with Crippen molar-refractivity contribution in [1.29, 1.82) is 0 Å². The molecule has 0 saturated carbocycles. The fraction of sp³-hybridized carbons (Fsp3) is 0.150. The number of pyridine rings is 1. The second-order valence-electron chi connectivity index (χ2n) is 5.59. The summed E-state index contributed by atoms with van der Waals surface area (Å²) in [5, 5.41) is 2.19. The number of hydrogen-bond acceptors (Lipinski definition) is 1. The topological polar surface area (TPSA) is 17.3 Å². The van der Waals surface area contributed by atoms with Gasteiger partial charge in [0.25, 0.3) is 0 Å². The number of rotatable bonds is 4. The molecule has 3 aromatic rings. The molecule has 0 spiro atoms. The van der Waals surface area contributed by atoms with Crippen LogP contribution in [-0.2, 0) is 13.0 Å². The van der Waals surface area contributed by atoms with E-state index in [1.165, 1.54) is 11.1 Å². The highest BCUT2D eigenvalue weighted by atomic mass is 35.5. The highest BCUT2D eigenvalue weighted by Gasteiger charge is 2.00. The summed E-state index contributed by atoms with van der Waals surface area (Å²) < 4.78 is 2.03. The summed E-state index contributed by atoms with van der Waals surface area (Å²) in [7, 11) is 0. The predicted octanol–water partition coefficient (Wildman–Crippen LogP) is 5.64. The van der Waals surface area contributed by atoms with Crippen molar-refractivity contribution in [2.75, 3.05) is 0 Å². The third-order valence-corrected chi connectivity index (χ3v) is 4.34. The maximum Gasteiger partial charge on any atom is 0.0852 e. The first-order valence-corrected chi connectivity index (χ1v) is 8.63. The molecule has 0 aliphatic rings. The maximum atomic E-state index is 6.32. The summed E-state index contributed by atoms with van der Waals surface area (Å²) in [6.07, 6.45) is 4.74. The lowest BCUT2D eigenvalue weighted by Crippen LogP contribution is -2.06. The molecule has 0 bridgehead atoms. The molecule has 122 valence electrons. The molecular weight excluding hydrogens is 339 g/mol. The number of hydrogen-bond donors (Lipinski definition) is 0. The van der Waals surface area contributed by atoms with Crippen LogP contribution in [0.15, 0.2) is 72.0 Å². The number of nitrogens with zero attached hydrogens (tertiary/aromatic N) is 2. The van der Waals surface area contributed by atoms with E-state index in [-0.39, 0.29) is 0 Å². The van der Waals surface area contributed by atoms with Crippen molar-refractivity contribution in [2.24, 2.45) is 4.99 Å². The van der Waals surface area contributed by atoms with Gasteiger partial charge in [-0.1, -0.05) is 47.5 Å². The monoisotopic (exact) mass is 356 g/mol. The molecule has 2 aromatic carbocycles. The van der Waals surface area contributed by atoms with Gasteiger partial charge in [-0.05, 0) is 54.8 Å². The van der Waals surface area contributed by atoms with Gasteiger partial charge in [0.2, 0.25) is 0 Å². The van der Waals surface area contributed by atoms with Gasteiger partial charge in [-0.2, -0.15) is 0 Å². The third-order valence-electron chi connectivity index (χ3n) is 3.79.